The van der Waals surface area contributed by atoms with Crippen LogP contribution in [0.2, 0.25) is 0 Å². The Morgan fingerprint density at radius 1 is 0.821 bits per heavy atom. The topological polar surface area (TPSA) is 107 Å². The molecule has 5 rings (SSSR count). The lowest BCUT2D eigenvalue weighted by Crippen LogP contribution is -2.28. The molecule has 39 heavy (non-hydrogen) atoms. The third kappa shape index (κ3) is 6.07. The maximum Gasteiger partial charge on any atom is 0.252 e. The van der Waals surface area contributed by atoms with E-state index < -0.39 is 0 Å². The summed E-state index contributed by atoms with van der Waals surface area (Å²) in [4.78, 5) is 18.2. The number of rotatable bonds is 11. The van der Waals surface area contributed by atoms with Gasteiger partial charge in [-0.3, -0.25) is 9.69 Å². The average molecular weight is 527 g/mol. The molecular formula is C29H30N6O4. The Balaban J connectivity index is 1.44. The van der Waals surface area contributed by atoms with Gasteiger partial charge in [-0.15, -0.1) is 5.10 Å². The van der Waals surface area contributed by atoms with Gasteiger partial charge >= 0.3 is 0 Å². The summed E-state index contributed by atoms with van der Waals surface area (Å²) < 4.78 is 17.9. The van der Waals surface area contributed by atoms with Gasteiger partial charge in [0.25, 0.3) is 5.56 Å². The third-order valence-corrected chi connectivity index (χ3v) is 6.57. The number of aromatic nitrogens is 5. The second kappa shape index (κ2) is 11.8. The van der Waals surface area contributed by atoms with Crippen molar-refractivity contribution >= 4 is 10.9 Å². The standard InChI is InChI=1S/C29H30N6O4/c1-37-24-11-8-20(9-12-24)16-35-28(31-32-33-35)19-34(17-22-6-4-5-7-27(22)39-3)18-23-14-21-10-13-25(38-2)15-26(21)30-29(23)36/h4-15H,16-19H2,1-3H3,(H,30,36). The molecule has 5 aromatic rings. The molecule has 0 spiro atoms. The number of benzene rings is 3. The van der Waals surface area contributed by atoms with Crippen LogP contribution in [0.5, 0.6) is 17.2 Å². The van der Waals surface area contributed by atoms with Gasteiger partial charge in [0, 0.05) is 30.3 Å². The summed E-state index contributed by atoms with van der Waals surface area (Å²) in [5.74, 6) is 2.94. The molecule has 0 bridgehead atoms. The van der Waals surface area contributed by atoms with Crippen LogP contribution in [0.1, 0.15) is 22.5 Å². The molecule has 0 fully saturated rings. The Morgan fingerprint density at radius 3 is 2.33 bits per heavy atom. The lowest BCUT2D eigenvalue weighted by molar-refractivity contribution is 0.232. The molecule has 0 atom stereocenters. The molecule has 2 heterocycles. The van der Waals surface area contributed by atoms with E-state index in [0.29, 0.717) is 43.3 Å². The quantitative estimate of drug-likeness (QED) is 0.277. The van der Waals surface area contributed by atoms with Crippen LogP contribution >= 0.6 is 0 Å². The number of ether oxygens (including phenoxy) is 3. The van der Waals surface area contributed by atoms with Gasteiger partial charge < -0.3 is 19.2 Å². The number of para-hydroxylation sites is 1. The Morgan fingerprint density at radius 2 is 1.56 bits per heavy atom. The molecule has 0 amide bonds. The fraction of sp³-hybridized carbons (Fsp3) is 0.241. The van der Waals surface area contributed by atoms with Crippen LogP contribution in [0.25, 0.3) is 10.9 Å². The molecule has 0 aliphatic rings. The normalized spacial score (nSPS) is 11.2. The molecule has 2 aromatic heterocycles. The monoisotopic (exact) mass is 526 g/mol. The fourth-order valence-corrected chi connectivity index (χ4v) is 4.52. The predicted molar refractivity (Wildman–Crippen MR) is 147 cm³/mol. The Hall–Kier alpha value is -4.70. The molecule has 0 aliphatic carbocycles. The largest absolute Gasteiger partial charge is 0.497 e. The molecule has 200 valence electrons. The molecule has 10 heteroatoms. The first-order valence-corrected chi connectivity index (χ1v) is 12.5. The number of methoxy groups -OCH3 is 3. The summed E-state index contributed by atoms with van der Waals surface area (Å²) in [6.07, 6.45) is 0. The summed E-state index contributed by atoms with van der Waals surface area (Å²) in [6, 6.07) is 23.2. The Bertz CT molecular complexity index is 1610. The number of fused-ring (bicyclic) bond motifs is 1. The number of H-pyrrole nitrogens is 1. The maximum atomic E-state index is 13.1. The molecule has 0 unspecified atom stereocenters. The Kier molecular flexibility index (Phi) is 7.83. The lowest BCUT2D eigenvalue weighted by atomic mass is 10.1. The van der Waals surface area contributed by atoms with Crippen molar-refractivity contribution in [2.45, 2.75) is 26.2 Å². The SMILES string of the molecule is COc1ccc(Cn2nnnc2CN(Cc2ccccc2OC)Cc2cc3ccc(OC)cc3[nH]c2=O)cc1. The van der Waals surface area contributed by atoms with Crippen molar-refractivity contribution in [3.05, 3.63) is 106 Å². The van der Waals surface area contributed by atoms with Crippen LogP contribution in [0.4, 0.5) is 0 Å². The molecule has 0 aliphatic heterocycles. The number of tetrazole rings is 1. The van der Waals surface area contributed by atoms with Gasteiger partial charge in [0.05, 0.1) is 39.9 Å². The summed E-state index contributed by atoms with van der Waals surface area (Å²) in [5, 5.41) is 13.4. The highest BCUT2D eigenvalue weighted by atomic mass is 16.5. The summed E-state index contributed by atoms with van der Waals surface area (Å²) >= 11 is 0. The maximum absolute atomic E-state index is 13.1. The van der Waals surface area contributed by atoms with Gasteiger partial charge in [0.2, 0.25) is 0 Å². The Labute approximate surface area is 225 Å². The number of hydrogen-bond acceptors (Lipinski definition) is 8. The van der Waals surface area contributed by atoms with Gasteiger partial charge in [0.1, 0.15) is 17.2 Å². The number of aromatic amines is 1. The highest BCUT2D eigenvalue weighted by Gasteiger charge is 2.18. The molecule has 3 aromatic carbocycles. The minimum atomic E-state index is -0.154. The van der Waals surface area contributed by atoms with Gasteiger partial charge in [-0.1, -0.05) is 30.3 Å². The van der Waals surface area contributed by atoms with Crippen molar-refractivity contribution in [2.24, 2.45) is 0 Å². The van der Waals surface area contributed by atoms with E-state index in [-0.39, 0.29) is 5.56 Å². The molecule has 0 saturated carbocycles. The van der Waals surface area contributed by atoms with Crippen molar-refractivity contribution in [1.29, 1.82) is 0 Å². The third-order valence-electron chi connectivity index (χ3n) is 6.57. The van der Waals surface area contributed by atoms with Crippen LogP contribution in [0.3, 0.4) is 0 Å². The van der Waals surface area contributed by atoms with E-state index in [4.69, 9.17) is 14.2 Å². The zero-order chi connectivity index (χ0) is 27.2. The van der Waals surface area contributed by atoms with Crippen molar-refractivity contribution in [3.8, 4) is 17.2 Å². The summed E-state index contributed by atoms with van der Waals surface area (Å²) in [6.45, 7) is 1.83. The van der Waals surface area contributed by atoms with E-state index in [0.717, 1.165) is 33.5 Å². The highest BCUT2D eigenvalue weighted by Crippen LogP contribution is 2.23. The van der Waals surface area contributed by atoms with E-state index in [9.17, 15) is 4.79 Å². The van der Waals surface area contributed by atoms with Crippen molar-refractivity contribution in [1.82, 2.24) is 30.1 Å². The fourth-order valence-electron chi connectivity index (χ4n) is 4.52. The minimum absolute atomic E-state index is 0.154. The number of pyridine rings is 1. The first-order valence-electron chi connectivity index (χ1n) is 12.5. The van der Waals surface area contributed by atoms with Gasteiger partial charge in [-0.25, -0.2) is 4.68 Å². The molecule has 0 saturated heterocycles. The molecular weight excluding hydrogens is 496 g/mol. The minimum Gasteiger partial charge on any atom is -0.497 e. The van der Waals surface area contributed by atoms with Crippen LogP contribution in [-0.2, 0) is 26.2 Å². The van der Waals surface area contributed by atoms with E-state index in [2.05, 4.69) is 25.4 Å². The second-order valence-corrected chi connectivity index (χ2v) is 9.13. The van der Waals surface area contributed by atoms with E-state index in [1.807, 2.05) is 72.8 Å². The van der Waals surface area contributed by atoms with Crippen LogP contribution in [-0.4, -0.2) is 51.4 Å². The van der Waals surface area contributed by atoms with Gasteiger partial charge in [-0.2, -0.15) is 0 Å². The van der Waals surface area contributed by atoms with Crippen molar-refractivity contribution in [2.75, 3.05) is 21.3 Å². The molecule has 10 nitrogen and oxygen atoms in total. The smallest absolute Gasteiger partial charge is 0.252 e. The predicted octanol–water partition coefficient (Wildman–Crippen LogP) is 3.79. The van der Waals surface area contributed by atoms with Crippen LogP contribution in [0.15, 0.2) is 77.6 Å². The average Bonchev–Trinajstić information content (AvgIpc) is 3.39. The van der Waals surface area contributed by atoms with E-state index in [1.165, 1.54) is 0 Å². The number of nitrogens with zero attached hydrogens (tertiary/aromatic N) is 5. The lowest BCUT2D eigenvalue weighted by Gasteiger charge is -2.23. The second-order valence-electron chi connectivity index (χ2n) is 9.13. The summed E-state index contributed by atoms with van der Waals surface area (Å²) in [7, 11) is 4.90. The van der Waals surface area contributed by atoms with Gasteiger partial charge in [-0.05, 0) is 57.8 Å². The van der Waals surface area contributed by atoms with E-state index in [1.54, 1.807) is 26.0 Å². The molecule has 0 radical (unpaired) electrons. The van der Waals surface area contributed by atoms with Crippen LogP contribution in [0, 0.1) is 0 Å². The highest BCUT2D eigenvalue weighted by molar-refractivity contribution is 5.80. The van der Waals surface area contributed by atoms with Gasteiger partial charge in [0.15, 0.2) is 5.82 Å². The molecule has 1 N–H and O–H groups in total. The van der Waals surface area contributed by atoms with E-state index >= 15 is 0 Å². The van der Waals surface area contributed by atoms with Crippen LogP contribution < -0.4 is 19.8 Å². The zero-order valence-electron chi connectivity index (χ0n) is 22.1. The number of nitrogens with one attached hydrogen (secondary N) is 1. The first-order chi connectivity index (χ1) is 19.1. The summed E-state index contributed by atoms with van der Waals surface area (Å²) in [5.41, 5.74) is 3.25. The van der Waals surface area contributed by atoms with Crippen molar-refractivity contribution in [3.63, 3.8) is 0 Å². The zero-order valence-corrected chi connectivity index (χ0v) is 22.1. The van der Waals surface area contributed by atoms with Crippen molar-refractivity contribution < 1.29 is 14.2 Å². The first kappa shape index (κ1) is 25.9. The number of hydrogen-bond donors (Lipinski definition) is 1.